The van der Waals surface area contributed by atoms with Gasteiger partial charge < -0.3 is 5.11 Å². The van der Waals surface area contributed by atoms with E-state index < -0.39 is 5.97 Å². The van der Waals surface area contributed by atoms with Gasteiger partial charge in [-0.3, -0.25) is 4.79 Å². The molecule has 1 N–H and O–H groups in total. The number of aliphatic carboxylic acids is 1. The Labute approximate surface area is 137 Å². The number of allylic oxidation sites excluding steroid dienone is 4. The van der Waals surface area contributed by atoms with E-state index in [1.165, 1.54) is 44.9 Å². The maximum absolute atomic E-state index is 10.3. The van der Waals surface area contributed by atoms with Crippen LogP contribution in [0.3, 0.4) is 0 Å². The van der Waals surface area contributed by atoms with Gasteiger partial charge in [-0.05, 0) is 44.4 Å². The number of carboxylic acid groups (broad SMARTS) is 1. The molecule has 0 unspecified atom stereocenters. The maximum Gasteiger partial charge on any atom is 0.303 e. The van der Waals surface area contributed by atoms with Crippen LogP contribution >= 0.6 is 0 Å². The van der Waals surface area contributed by atoms with E-state index >= 15 is 0 Å². The summed E-state index contributed by atoms with van der Waals surface area (Å²) in [6.07, 6.45) is 22.4. The van der Waals surface area contributed by atoms with Crippen LogP contribution in [-0.4, -0.2) is 11.1 Å². The molecule has 0 aromatic rings. The first-order valence-corrected chi connectivity index (χ1v) is 9.14. The molecule has 0 heterocycles. The monoisotopic (exact) mass is 308 g/mol. The predicted molar refractivity (Wildman–Crippen MR) is 96.2 cm³/mol. The van der Waals surface area contributed by atoms with Crippen molar-refractivity contribution in [2.24, 2.45) is 5.92 Å². The summed E-state index contributed by atoms with van der Waals surface area (Å²) in [5.74, 6) is 0.158. The average molecular weight is 309 g/mol. The van der Waals surface area contributed by atoms with Crippen LogP contribution in [0.5, 0.6) is 0 Å². The Morgan fingerprint density at radius 1 is 0.773 bits per heavy atom. The third-order valence-corrected chi connectivity index (χ3v) is 3.75. The summed E-state index contributed by atoms with van der Waals surface area (Å²) in [7, 11) is 0. The van der Waals surface area contributed by atoms with Crippen LogP contribution in [0.2, 0.25) is 0 Å². The minimum atomic E-state index is -0.698. The molecule has 0 aliphatic heterocycles. The van der Waals surface area contributed by atoms with Gasteiger partial charge in [0.2, 0.25) is 0 Å². The lowest BCUT2D eigenvalue weighted by Gasteiger charge is -2.03. The van der Waals surface area contributed by atoms with Crippen LogP contribution in [0.1, 0.15) is 90.9 Å². The van der Waals surface area contributed by atoms with Gasteiger partial charge in [0.15, 0.2) is 0 Å². The highest BCUT2D eigenvalue weighted by molar-refractivity contribution is 5.66. The molecule has 0 rings (SSSR count). The normalized spacial score (nSPS) is 12.0. The van der Waals surface area contributed by atoms with E-state index in [2.05, 4.69) is 38.2 Å². The standard InChI is InChI=1S/C20H36O2/c1-19(2)17-15-13-11-9-7-5-3-4-6-8-10-12-14-16-18-20(21)22/h3-4,10,12,19H,5-9,11,13-18H2,1-2H3,(H,21,22)/b4-3-,12-10-. The number of hydrogen-bond acceptors (Lipinski definition) is 1. The summed E-state index contributed by atoms with van der Waals surface area (Å²) in [5.41, 5.74) is 0. The largest absolute Gasteiger partial charge is 0.481 e. The van der Waals surface area contributed by atoms with Gasteiger partial charge in [-0.15, -0.1) is 0 Å². The zero-order chi connectivity index (χ0) is 16.5. The highest BCUT2D eigenvalue weighted by atomic mass is 16.4. The predicted octanol–water partition coefficient (Wildman–Crippen LogP) is 6.52. The lowest BCUT2D eigenvalue weighted by atomic mass is 10.0. The van der Waals surface area contributed by atoms with Crippen LogP contribution in [0.4, 0.5) is 0 Å². The Balaban J connectivity index is 3.21. The summed E-state index contributed by atoms with van der Waals surface area (Å²) in [4.78, 5) is 10.3. The van der Waals surface area contributed by atoms with Crippen LogP contribution in [0.15, 0.2) is 24.3 Å². The highest BCUT2D eigenvalue weighted by Gasteiger charge is 1.94. The van der Waals surface area contributed by atoms with E-state index in [0.29, 0.717) is 0 Å². The van der Waals surface area contributed by atoms with Crippen molar-refractivity contribution in [1.29, 1.82) is 0 Å². The number of hydrogen-bond donors (Lipinski definition) is 1. The highest BCUT2D eigenvalue weighted by Crippen LogP contribution is 2.11. The van der Waals surface area contributed by atoms with Crippen molar-refractivity contribution >= 4 is 5.97 Å². The molecule has 0 amide bonds. The van der Waals surface area contributed by atoms with Gasteiger partial charge in [-0.25, -0.2) is 0 Å². The molecule has 128 valence electrons. The molecule has 0 aromatic heterocycles. The first-order chi connectivity index (χ1) is 10.6. The number of carbonyl (C=O) groups is 1. The fourth-order valence-electron chi connectivity index (χ4n) is 2.38. The second-order valence-corrected chi connectivity index (χ2v) is 6.55. The number of carboxylic acids is 1. The molecular weight excluding hydrogens is 272 g/mol. The second-order valence-electron chi connectivity index (χ2n) is 6.55. The molecule has 0 aliphatic rings. The van der Waals surface area contributed by atoms with E-state index in [1.54, 1.807) is 0 Å². The molecule has 2 heteroatoms. The fraction of sp³-hybridized carbons (Fsp3) is 0.750. The van der Waals surface area contributed by atoms with Crippen molar-refractivity contribution in [1.82, 2.24) is 0 Å². The summed E-state index contributed by atoms with van der Waals surface area (Å²) >= 11 is 0. The van der Waals surface area contributed by atoms with Crippen molar-refractivity contribution in [2.75, 3.05) is 0 Å². The van der Waals surface area contributed by atoms with Gasteiger partial charge in [0.05, 0.1) is 0 Å². The summed E-state index contributed by atoms with van der Waals surface area (Å²) in [6.45, 7) is 4.60. The van der Waals surface area contributed by atoms with Crippen molar-refractivity contribution in [2.45, 2.75) is 90.9 Å². The molecule has 0 radical (unpaired) electrons. The number of unbranched alkanes of at least 4 members (excludes halogenated alkanes) is 7. The zero-order valence-electron chi connectivity index (χ0n) is 14.7. The maximum atomic E-state index is 10.3. The molecule has 0 spiro atoms. The molecule has 0 saturated carbocycles. The Morgan fingerprint density at radius 2 is 1.27 bits per heavy atom. The SMILES string of the molecule is CC(C)CCCCCCC/C=C\CC/C=C\CCCC(=O)O. The number of rotatable bonds is 15. The molecule has 0 atom stereocenters. The van der Waals surface area contributed by atoms with Crippen molar-refractivity contribution in [3.63, 3.8) is 0 Å². The lowest BCUT2D eigenvalue weighted by molar-refractivity contribution is -0.137. The van der Waals surface area contributed by atoms with Gasteiger partial charge in [-0.2, -0.15) is 0 Å². The Kier molecular flexibility index (Phi) is 15.5. The van der Waals surface area contributed by atoms with Crippen LogP contribution in [0.25, 0.3) is 0 Å². The summed E-state index contributed by atoms with van der Waals surface area (Å²) < 4.78 is 0. The van der Waals surface area contributed by atoms with Gasteiger partial charge in [0.1, 0.15) is 0 Å². The van der Waals surface area contributed by atoms with Gasteiger partial charge in [-0.1, -0.05) is 70.3 Å². The molecule has 0 aliphatic carbocycles. The van der Waals surface area contributed by atoms with E-state index in [1.807, 2.05) is 0 Å². The average Bonchev–Trinajstić information content (AvgIpc) is 2.46. The topological polar surface area (TPSA) is 37.3 Å². The third kappa shape index (κ3) is 18.9. The molecule has 0 bridgehead atoms. The van der Waals surface area contributed by atoms with E-state index in [0.717, 1.165) is 31.6 Å². The summed E-state index contributed by atoms with van der Waals surface area (Å²) in [6, 6.07) is 0. The molecular formula is C20H36O2. The Bertz CT molecular complexity index is 303. The smallest absolute Gasteiger partial charge is 0.303 e. The molecule has 2 nitrogen and oxygen atoms in total. The molecule has 0 aromatic carbocycles. The zero-order valence-corrected chi connectivity index (χ0v) is 14.7. The van der Waals surface area contributed by atoms with Crippen molar-refractivity contribution in [3.05, 3.63) is 24.3 Å². The summed E-state index contributed by atoms with van der Waals surface area (Å²) in [5, 5.41) is 8.51. The minimum absolute atomic E-state index is 0.279. The first-order valence-electron chi connectivity index (χ1n) is 9.14. The van der Waals surface area contributed by atoms with Crippen molar-refractivity contribution in [3.8, 4) is 0 Å². The molecule has 22 heavy (non-hydrogen) atoms. The third-order valence-electron chi connectivity index (χ3n) is 3.75. The van der Waals surface area contributed by atoms with Crippen molar-refractivity contribution < 1.29 is 9.90 Å². The van der Waals surface area contributed by atoms with E-state index in [4.69, 9.17) is 5.11 Å². The van der Waals surface area contributed by atoms with E-state index in [9.17, 15) is 4.79 Å². The second kappa shape index (κ2) is 16.3. The van der Waals surface area contributed by atoms with Gasteiger partial charge in [0, 0.05) is 6.42 Å². The Morgan fingerprint density at radius 3 is 1.86 bits per heavy atom. The minimum Gasteiger partial charge on any atom is -0.481 e. The van der Waals surface area contributed by atoms with Crippen LogP contribution in [-0.2, 0) is 4.79 Å². The Hall–Kier alpha value is -1.05. The lowest BCUT2D eigenvalue weighted by Crippen LogP contribution is -1.92. The fourth-order valence-corrected chi connectivity index (χ4v) is 2.38. The molecule has 0 fully saturated rings. The van der Waals surface area contributed by atoms with Gasteiger partial charge >= 0.3 is 5.97 Å². The van der Waals surface area contributed by atoms with E-state index in [-0.39, 0.29) is 6.42 Å². The molecule has 0 saturated heterocycles. The van der Waals surface area contributed by atoms with Crippen LogP contribution in [0, 0.1) is 5.92 Å². The van der Waals surface area contributed by atoms with Gasteiger partial charge in [0.25, 0.3) is 0 Å². The first kappa shape index (κ1) is 20.9. The quantitative estimate of drug-likeness (QED) is 0.276. The van der Waals surface area contributed by atoms with Crippen LogP contribution < -0.4 is 0 Å².